The third-order valence-electron chi connectivity index (χ3n) is 3.18. The van der Waals surface area contributed by atoms with Crippen LogP contribution in [0.2, 0.25) is 0 Å². The highest BCUT2D eigenvalue weighted by Crippen LogP contribution is 2.21. The number of rotatable bonds is 3. The molecule has 1 saturated heterocycles. The number of carboxylic acid groups (broad SMARTS) is 1. The molecule has 8 heteroatoms. The largest absolute Gasteiger partial charge is 0.480 e. The van der Waals surface area contributed by atoms with Gasteiger partial charge < -0.3 is 15.1 Å². The molecule has 0 aliphatic carbocycles. The lowest BCUT2D eigenvalue weighted by Gasteiger charge is -2.35. The average molecular weight is 268 g/mol. The molecule has 1 aromatic heterocycles. The zero-order valence-corrected chi connectivity index (χ0v) is 10.6. The Morgan fingerprint density at radius 2 is 2.05 bits per heavy atom. The number of aliphatic carboxylic acids is 1. The normalized spacial score (nSPS) is 18.3. The van der Waals surface area contributed by atoms with Crippen molar-refractivity contribution >= 4 is 11.9 Å². The molecule has 0 atom stereocenters. The van der Waals surface area contributed by atoms with Crippen molar-refractivity contribution in [1.29, 1.82) is 0 Å². The minimum Gasteiger partial charge on any atom is -0.480 e. The second-order valence-electron chi connectivity index (χ2n) is 4.98. The summed E-state index contributed by atoms with van der Waals surface area (Å²) < 4.78 is 1.11. The number of hydrogen-bond acceptors (Lipinski definition) is 5. The van der Waals surface area contributed by atoms with Crippen LogP contribution in [-0.4, -0.2) is 60.7 Å². The zero-order valence-electron chi connectivity index (χ0n) is 10.6. The van der Waals surface area contributed by atoms with Crippen LogP contribution in [0.1, 0.15) is 30.3 Å². The molecule has 104 valence electrons. The lowest BCUT2D eigenvalue weighted by molar-refractivity contribution is -0.137. The maximum absolute atomic E-state index is 12.1. The summed E-state index contributed by atoms with van der Waals surface area (Å²) in [5.74, 6) is -1.33. The van der Waals surface area contributed by atoms with Crippen LogP contribution >= 0.6 is 0 Å². The Balaban J connectivity index is 2.00. The summed E-state index contributed by atoms with van der Waals surface area (Å²) >= 11 is 0. The maximum Gasteiger partial charge on any atom is 0.325 e. The minimum atomic E-state index is -1.04. The number of likely N-dealkylation sites (tertiary alicyclic amines) is 1. The predicted molar refractivity (Wildman–Crippen MR) is 63.4 cm³/mol. The fraction of sp³-hybridized carbons (Fsp3) is 0.636. The van der Waals surface area contributed by atoms with Crippen LogP contribution in [0.4, 0.5) is 0 Å². The van der Waals surface area contributed by atoms with Gasteiger partial charge in [-0.15, -0.1) is 5.10 Å². The monoisotopic (exact) mass is 268 g/mol. The van der Waals surface area contributed by atoms with Crippen LogP contribution in [0.25, 0.3) is 0 Å². The summed E-state index contributed by atoms with van der Waals surface area (Å²) in [6, 6.07) is 0. The standard InChI is InChI=1S/C11H16N4O4/c1-11(19)2-4-14(5-3-11)10(18)8-6-15(13-12-8)7-9(16)17/h6,19H,2-5,7H2,1H3,(H,16,17). The molecule has 0 bridgehead atoms. The molecule has 1 amide bonds. The first-order valence-corrected chi connectivity index (χ1v) is 6.01. The van der Waals surface area contributed by atoms with E-state index in [2.05, 4.69) is 10.3 Å². The van der Waals surface area contributed by atoms with Crippen molar-refractivity contribution in [3.05, 3.63) is 11.9 Å². The van der Waals surface area contributed by atoms with Crippen LogP contribution in [0.5, 0.6) is 0 Å². The SMILES string of the molecule is CC1(O)CCN(C(=O)c2cn(CC(=O)O)nn2)CC1. The van der Waals surface area contributed by atoms with Gasteiger partial charge in [-0.2, -0.15) is 0 Å². The topological polar surface area (TPSA) is 109 Å². The highest BCUT2D eigenvalue weighted by atomic mass is 16.4. The van der Waals surface area contributed by atoms with Gasteiger partial charge in [0.05, 0.1) is 11.8 Å². The molecule has 2 N–H and O–H groups in total. The fourth-order valence-corrected chi connectivity index (χ4v) is 1.97. The molecule has 1 aromatic rings. The Hall–Kier alpha value is -1.96. The average Bonchev–Trinajstić information content (AvgIpc) is 2.75. The van der Waals surface area contributed by atoms with E-state index in [0.717, 1.165) is 4.68 Å². The Kier molecular flexibility index (Phi) is 3.52. The van der Waals surface area contributed by atoms with Crippen molar-refractivity contribution in [2.24, 2.45) is 0 Å². The number of aliphatic hydroxyl groups is 1. The molecule has 1 fully saturated rings. The summed E-state index contributed by atoms with van der Waals surface area (Å²) in [7, 11) is 0. The number of amides is 1. The van der Waals surface area contributed by atoms with Gasteiger partial charge in [-0.05, 0) is 19.8 Å². The number of hydrogen-bond donors (Lipinski definition) is 2. The molecular weight excluding hydrogens is 252 g/mol. The minimum absolute atomic E-state index is 0.128. The highest BCUT2D eigenvalue weighted by molar-refractivity contribution is 5.92. The van der Waals surface area contributed by atoms with Gasteiger partial charge in [-0.25, -0.2) is 4.68 Å². The van der Waals surface area contributed by atoms with Gasteiger partial charge in [0.15, 0.2) is 5.69 Å². The quantitative estimate of drug-likeness (QED) is 0.754. The second-order valence-corrected chi connectivity index (χ2v) is 4.98. The number of aromatic nitrogens is 3. The number of carboxylic acids is 1. The Bertz CT molecular complexity index is 487. The van der Waals surface area contributed by atoms with E-state index in [1.165, 1.54) is 6.20 Å². The lowest BCUT2D eigenvalue weighted by atomic mass is 9.94. The molecule has 8 nitrogen and oxygen atoms in total. The van der Waals surface area contributed by atoms with E-state index < -0.39 is 11.6 Å². The van der Waals surface area contributed by atoms with Gasteiger partial charge in [-0.1, -0.05) is 5.21 Å². The van der Waals surface area contributed by atoms with Crippen molar-refractivity contribution in [3.8, 4) is 0 Å². The number of carbonyl (C=O) groups excluding carboxylic acids is 1. The molecule has 2 heterocycles. The van der Waals surface area contributed by atoms with Crippen LogP contribution < -0.4 is 0 Å². The molecule has 2 rings (SSSR count). The number of piperidine rings is 1. The highest BCUT2D eigenvalue weighted by Gasteiger charge is 2.30. The summed E-state index contributed by atoms with van der Waals surface area (Å²) in [4.78, 5) is 24.2. The van der Waals surface area contributed by atoms with Gasteiger partial charge in [0.25, 0.3) is 5.91 Å². The Morgan fingerprint density at radius 1 is 1.42 bits per heavy atom. The van der Waals surface area contributed by atoms with E-state index >= 15 is 0 Å². The molecule has 0 spiro atoms. The Morgan fingerprint density at radius 3 is 2.63 bits per heavy atom. The van der Waals surface area contributed by atoms with E-state index in [1.54, 1.807) is 11.8 Å². The van der Waals surface area contributed by atoms with E-state index in [4.69, 9.17) is 5.11 Å². The van der Waals surface area contributed by atoms with Crippen molar-refractivity contribution < 1.29 is 19.8 Å². The van der Waals surface area contributed by atoms with Gasteiger partial charge in [0.2, 0.25) is 0 Å². The van der Waals surface area contributed by atoms with E-state index in [-0.39, 0.29) is 18.1 Å². The second kappa shape index (κ2) is 4.96. The molecule has 19 heavy (non-hydrogen) atoms. The van der Waals surface area contributed by atoms with Crippen molar-refractivity contribution in [2.75, 3.05) is 13.1 Å². The van der Waals surface area contributed by atoms with E-state index in [1.807, 2.05) is 0 Å². The summed E-state index contributed by atoms with van der Waals surface area (Å²) in [5.41, 5.74) is -0.597. The van der Waals surface area contributed by atoms with Gasteiger partial charge in [-0.3, -0.25) is 9.59 Å². The van der Waals surface area contributed by atoms with Crippen LogP contribution in [-0.2, 0) is 11.3 Å². The van der Waals surface area contributed by atoms with Crippen molar-refractivity contribution in [2.45, 2.75) is 31.9 Å². The Labute approximate surface area is 109 Å². The fourth-order valence-electron chi connectivity index (χ4n) is 1.97. The smallest absolute Gasteiger partial charge is 0.325 e. The van der Waals surface area contributed by atoms with Crippen molar-refractivity contribution in [1.82, 2.24) is 19.9 Å². The molecule has 0 unspecified atom stereocenters. The molecule has 0 saturated carbocycles. The van der Waals surface area contributed by atoms with Gasteiger partial charge >= 0.3 is 5.97 Å². The first-order chi connectivity index (χ1) is 8.87. The van der Waals surface area contributed by atoms with Gasteiger partial charge in [0, 0.05) is 13.1 Å². The molecule has 0 radical (unpaired) electrons. The molecule has 1 aliphatic heterocycles. The van der Waals surface area contributed by atoms with Crippen LogP contribution in [0.3, 0.4) is 0 Å². The van der Waals surface area contributed by atoms with E-state index in [9.17, 15) is 14.7 Å². The zero-order chi connectivity index (χ0) is 14.0. The first-order valence-electron chi connectivity index (χ1n) is 6.01. The van der Waals surface area contributed by atoms with Crippen LogP contribution in [0, 0.1) is 0 Å². The summed E-state index contributed by atoms with van der Waals surface area (Å²) in [6.07, 6.45) is 2.35. The first kappa shape index (κ1) is 13.5. The third kappa shape index (κ3) is 3.28. The predicted octanol–water partition coefficient (Wildman–Crippen LogP) is -0.650. The summed E-state index contributed by atoms with van der Waals surface area (Å²) in [5, 5.41) is 25.7. The molecular formula is C11H16N4O4. The van der Waals surface area contributed by atoms with E-state index in [0.29, 0.717) is 25.9 Å². The molecule has 0 aromatic carbocycles. The number of carbonyl (C=O) groups is 2. The molecule has 1 aliphatic rings. The third-order valence-corrected chi connectivity index (χ3v) is 3.18. The van der Waals surface area contributed by atoms with Crippen LogP contribution in [0.15, 0.2) is 6.20 Å². The maximum atomic E-state index is 12.1. The van der Waals surface area contributed by atoms with Crippen molar-refractivity contribution in [3.63, 3.8) is 0 Å². The van der Waals surface area contributed by atoms with Gasteiger partial charge in [0.1, 0.15) is 6.54 Å². The summed E-state index contributed by atoms with van der Waals surface area (Å²) in [6.45, 7) is 2.34. The number of nitrogens with zero attached hydrogens (tertiary/aromatic N) is 4. The lowest BCUT2D eigenvalue weighted by Crippen LogP contribution is -2.45.